The summed E-state index contributed by atoms with van der Waals surface area (Å²) < 4.78 is 10.5. The van der Waals surface area contributed by atoms with Gasteiger partial charge in [0.1, 0.15) is 22.7 Å². The van der Waals surface area contributed by atoms with Crippen molar-refractivity contribution < 1.29 is 23.5 Å². The number of hydrogen-bond acceptors (Lipinski definition) is 7. The number of furan rings is 1. The predicted molar refractivity (Wildman–Crippen MR) is 101 cm³/mol. The Morgan fingerprint density at radius 2 is 2.14 bits per heavy atom. The first-order valence-corrected chi connectivity index (χ1v) is 10.3. The molecule has 3 rings (SSSR count). The number of nitrogens with one attached hydrogen (secondary N) is 1. The molecule has 1 aromatic rings. The zero-order valence-electron chi connectivity index (χ0n) is 15.7. The van der Waals surface area contributed by atoms with E-state index in [4.69, 9.17) is 9.15 Å². The number of hydrogen-bond donors (Lipinski definition) is 1. The summed E-state index contributed by atoms with van der Waals surface area (Å²) in [5.41, 5.74) is -0.874. The standard InChI is InChI=1S/C19H23N3O5S/c1-13(23)22-14(11-28-17(22)15-6-5-9-26-15)18(25)27-10-16(24)21-19(12-20)7-3-2-4-8-19/h5-6,9,14,17H,2-4,7-8,10-11H2,1H3,(H,21,24)/t14-,17+/m1/s1. The summed E-state index contributed by atoms with van der Waals surface area (Å²) in [6, 6.07) is 4.88. The van der Waals surface area contributed by atoms with Crippen molar-refractivity contribution in [3.05, 3.63) is 24.2 Å². The first-order chi connectivity index (χ1) is 13.5. The van der Waals surface area contributed by atoms with E-state index in [0.717, 1.165) is 19.3 Å². The van der Waals surface area contributed by atoms with Gasteiger partial charge in [0, 0.05) is 12.7 Å². The van der Waals surface area contributed by atoms with Crippen molar-refractivity contribution in [2.45, 2.75) is 56.0 Å². The molecule has 1 N–H and O–H groups in total. The molecule has 28 heavy (non-hydrogen) atoms. The van der Waals surface area contributed by atoms with Crippen LogP contribution in [0, 0.1) is 11.3 Å². The molecular formula is C19H23N3O5S. The lowest BCUT2D eigenvalue weighted by Crippen LogP contribution is -2.50. The van der Waals surface area contributed by atoms with Crippen molar-refractivity contribution in [2.75, 3.05) is 12.4 Å². The molecule has 150 valence electrons. The Balaban J connectivity index is 1.57. The maximum Gasteiger partial charge on any atom is 0.330 e. The van der Waals surface area contributed by atoms with Gasteiger partial charge in [0.25, 0.3) is 5.91 Å². The van der Waals surface area contributed by atoms with Crippen LogP contribution in [0.5, 0.6) is 0 Å². The lowest BCUT2D eigenvalue weighted by atomic mass is 9.83. The lowest BCUT2D eigenvalue weighted by Gasteiger charge is -2.31. The molecule has 2 atom stereocenters. The van der Waals surface area contributed by atoms with Crippen LogP contribution in [0.1, 0.15) is 50.2 Å². The molecule has 2 heterocycles. The molecule has 8 nitrogen and oxygen atoms in total. The number of esters is 1. The third-order valence-electron chi connectivity index (χ3n) is 5.07. The topological polar surface area (TPSA) is 113 Å². The second kappa shape index (κ2) is 8.69. The number of ether oxygens (including phenoxy) is 1. The van der Waals surface area contributed by atoms with Gasteiger partial charge in [-0.05, 0) is 25.0 Å². The van der Waals surface area contributed by atoms with Gasteiger partial charge in [-0.2, -0.15) is 5.26 Å². The van der Waals surface area contributed by atoms with Crippen LogP contribution < -0.4 is 5.32 Å². The minimum Gasteiger partial charge on any atom is -0.466 e. The van der Waals surface area contributed by atoms with Crippen LogP contribution in [-0.4, -0.2) is 46.6 Å². The highest BCUT2D eigenvalue weighted by Gasteiger charge is 2.43. The van der Waals surface area contributed by atoms with Gasteiger partial charge in [-0.25, -0.2) is 4.79 Å². The third-order valence-corrected chi connectivity index (χ3v) is 6.35. The average molecular weight is 405 g/mol. The van der Waals surface area contributed by atoms with E-state index in [1.165, 1.54) is 29.8 Å². The summed E-state index contributed by atoms with van der Waals surface area (Å²) in [5, 5.41) is 11.7. The molecule has 2 fully saturated rings. The Hall–Kier alpha value is -2.47. The van der Waals surface area contributed by atoms with Crippen LogP contribution in [0.25, 0.3) is 0 Å². The summed E-state index contributed by atoms with van der Waals surface area (Å²) in [6.07, 6.45) is 5.53. The van der Waals surface area contributed by atoms with E-state index in [1.807, 2.05) is 0 Å². The van der Waals surface area contributed by atoms with Crippen molar-refractivity contribution in [2.24, 2.45) is 0 Å². The van der Waals surface area contributed by atoms with Gasteiger partial charge in [0.05, 0.1) is 12.3 Å². The molecule has 1 aliphatic heterocycles. The molecule has 1 saturated heterocycles. The van der Waals surface area contributed by atoms with Crippen molar-refractivity contribution >= 4 is 29.5 Å². The van der Waals surface area contributed by atoms with Gasteiger partial charge in [0.15, 0.2) is 6.61 Å². The highest BCUT2D eigenvalue weighted by atomic mass is 32.2. The lowest BCUT2D eigenvalue weighted by molar-refractivity contribution is -0.156. The van der Waals surface area contributed by atoms with Crippen LogP contribution in [0.3, 0.4) is 0 Å². The van der Waals surface area contributed by atoms with E-state index >= 15 is 0 Å². The second-order valence-corrected chi connectivity index (χ2v) is 8.17. The molecular weight excluding hydrogens is 382 g/mol. The highest BCUT2D eigenvalue weighted by molar-refractivity contribution is 7.99. The van der Waals surface area contributed by atoms with Gasteiger partial charge in [0.2, 0.25) is 5.91 Å². The van der Waals surface area contributed by atoms with E-state index in [1.54, 1.807) is 12.1 Å². The number of thioether (sulfide) groups is 1. The van der Waals surface area contributed by atoms with Crippen LogP contribution in [-0.2, 0) is 19.1 Å². The molecule has 0 bridgehead atoms. The molecule has 1 aromatic heterocycles. The number of nitrogens with zero attached hydrogens (tertiary/aromatic N) is 2. The van der Waals surface area contributed by atoms with E-state index < -0.39 is 35.4 Å². The van der Waals surface area contributed by atoms with Crippen molar-refractivity contribution in [1.82, 2.24) is 10.2 Å². The number of amides is 2. The first kappa shape index (κ1) is 20.3. The number of carbonyl (C=O) groups is 3. The van der Waals surface area contributed by atoms with Gasteiger partial charge < -0.3 is 19.4 Å². The quantitative estimate of drug-likeness (QED) is 0.747. The largest absolute Gasteiger partial charge is 0.466 e. The fourth-order valence-electron chi connectivity index (χ4n) is 3.68. The first-order valence-electron chi connectivity index (χ1n) is 9.28. The van der Waals surface area contributed by atoms with Crippen LogP contribution in [0.15, 0.2) is 22.8 Å². The summed E-state index contributed by atoms with van der Waals surface area (Å²) in [6.45, 7) is 0.912. The monoisotopic (exact) mass is 405 g/mol. The minimum atomic E-state index is -0.874. The van der Waals surface area contributed by atoms with E-state index in [9.17, 15) is 19.6 Å². The molecule has 2 amide bonds. The van der Waals surface area contributed by atoms with Crippen LogP contribution >= 0.6 is 11.8 Å². The zero-order valence-corrected chi connectivity index (χ0v) is 16.5. The van der Waals surface area contributed by atoms with Crippen molar-refractivity contribution in [3.8, 4) is 6.07 Å². The van der Waals surface area contributed by atoms with Gasteiger partial charge in [-0.3, -0.25) is 9.59 Å². The fraction of sp³-hybridized carbons (Fsp3) is 0.579. The number of carbonyl (C=O) groups excluding carboxylic acids is 3. The van der Waals surface area contributed by atoms with E-state index in [-0.39, 0.29) is 5.91 Å². The Morgan fingerprint density at radius 1 is 1.39 bits per heavy atom. The molecule has 9 heteroatoms. The summed E-state index contributed by atoms with van der Waals surface area (Å²) in [5.74, 6) is -0.473. The molecule has 0 spiro atoms. The van der Waals surface area contributed by atoms with Crippen molar-refractivity contribution in [3.63, 3.8) is 0 Å². The Kier molecular flexibility index (Phi) is 6.29. The highest BCUT2D eigenvalue weighted by Crippen LogP contribution is 2.41. The average Bonchev–Trinajstić information content (AvgIpc) is 3.36. The van der Waals surface area contributed by atoms with Gasteiger partial charge >= 0.3 is 5.97 Å². The van der Waals surface area contributed by atoms with Gasteiger partial charge in [-0.1, -0.05) is 19.3 Å². The Bertz CT molecular complexity index is 767. The smallest absolute Gasteiger partial charge is 0.330 e. The minimum absolute atomic E-state index is 0.275. The molecule has 1 aliphatic carbocycles. The molecule has 2 aliphatic rings. The predicted octanol–water partition coefficient (Wildman–Crippen LogP) is 2.13. The molecule has 1 saturated carbocycles. The summed E-state index contributed by atoms with van der Waals surface area (Å²) in [4.78, 5) is 38.3. The molecule has 0 unspecified atom stereocenters. The summed E-state index contributed by atoms with van der Waals surface area (Å²) in [7, 11) is 0. The fourth-order valence-corrected chi connectivity index (χ4v) is 5.10. The van der Waals surface area contributed by atoms with E-state index in [0.29, 0.717) is 24.4 Å². The van der Waals surface area contributed by atoms with Crippen LogP contribution in [0.2, 0.25) is 0 Å². The van der Waals surface area contributed by atoms with Gasteiger partial charge in [-0.15, -0.1) is 11.8 Å². The second-order valence-electron chi connectivity index (χ2n) is 7.05. The third kappa shape index (κ3) is 4.33. The Morgan fingerprint density at radius 3 is 2.75 bits per heavy atom. The normalized spacial score (nSPS) is 23.6. The SMILES string of the molecule is CC(=O)N1[C@@H](C(=O)OCC(=O)NC2(C#N)CCCCC2)CS[C@H]1c1ccco1. The van der Waals surface area contributed by atoms with E-state index in [2.05, 4.69) is 11.4 Å². The molecule has 0 radical (unpaired) electrons. The number of rotatable bonds is 5. The van der Waals surface area contributed by atoms with Crippen LogP contribution in [0.4, 0.5) is 0 Å². The Labute approximate surface area is 167 Å². The number of nitriles is 1. The maximum absolute atomic E-state index is 12.5. The zero-order chi connectivity index (χ0) is 20.1. The maximum atomic E-state index is 12.5. The summed E-state index contributed by atoms with van der Waals surface area (Å²) >= 11 is 1.41. The molecule has 0 aromatic carbocycles. The van der Waals surface area contributed by atoms with Crippen molar-refractivity contribution in [1.29, 1.82) is 5.26 Å².